The second-order valence-electron chi connectivity index (χ2n) is 6.15. The van der Waals surface area contributed by atoms with Crippen molar-refractivity contribution >= 4 is 23.3 Å². The third kappa shape index (κ3) is 4.35. The zero-order chi connectivity index (χ0) is 20.1. The Bertz CT molecular complexity index is 1120. The SMILES string of the molecule is O=C(Nc1cnn(Cc2ccccc2)c1)C(=O)Nc1ccnn1-c1ccncc1. The van der Waals surface area contributed by atoms with Crippen LogP contribution in [0.3, 0.4) is 0 Å². The lowest BCUT2D eigenvalue weighted by Gasteiger charge is -2.08. The molecule has 1 aromatic carbocycles. The lowest BCUT2D eigenvalue weighted by atomic mass is 10.2. The summed E-state index contributed by atoms with van der Waals surface area (Å²) in [4.78, 5) is 28.5. The molecular weight excluding hydrogens is 370 g/mol. The summed E-state index contributed by atoms with van der Waals surface area (Å²) in [5.74, 6) is -1.24. The van der Waals surface area contributed by atoms with Gasteiger partial charge in [-0.1, -0.05) is 30.3 Å². The topological polar surface area (TPSA) is 107 Å². The van der Waals surface area contributed by atoms with E-state index in [-0.39, 0.29) is 0 Å². The molecule has 4 rings (SSSR count). The maximum absolute atomic E-state index is 12.3. The monoisotopic (exact) mass is 387 g/mol. The fraction of sp³-hybridized carbons (Fsp3) is 0.0500. The number of amides is 2. The fourth-order valence-corrected chi connectivity index (χ4v) is 2.74. The van der Waals surface area contributed by atoms with Crippen LogP contribution in [-0.4, -0.2) is 36.4 Å². The quantitative estimate of drug-likeness (QED) is 0.510. The Hall–Kier alpha value is -4.27. The van der Waals surface area contributed by atoms with E-state index in [1.54, 1.807) is 41.5 Å². The minimum absolute atomic E-state index is 0.371. The average Bonchev–Trinajstić information content (AvgIpc) is 3.39. The highest BCUT2D eigenvalue weighted by Gasteiger charge is 2.17. The summed E-state index contributed by atoms with van der Waals surface area (Å²) in [7, 11) is 0. The second-order valence-corrected chi connectivity index (χ2v) is 6.15. The Morgan fingerprint density at radius 2 is 1.62 bits per heavy atom. The normalized spacial score (nSPS) is 10.5. The summed E-state index contributed by atoms with van der Waals surface area (Å²) in [5.41, 5.74) is 2.22. The van der Waals surface area contributed by atoms with E-state index in [1.165, 1.54) is 17.1 Å². The first-order valence-corrected chi connectivity index (χ1v) is 8.82. The molecule has 2 N–H and O–H groups in total. The van der Waals surface area contributed by atoms with E-state index in [0.29, 0.717) is 23.7 Å². The summed E-state index contributed by atoms with van der Waals surface area (Å²) < 4.78 is 3.19. The second kappa shape index (κ2) is 8.17. The molecule has 0 fully saturated rings. The van der Waals surface area contributed by atoms with Gasteiger partial charge in [-0.3, -0.25) is 19.3 Å². The van der Waals surface area contributed by atoms with Gasteiger partial charge in [-0.25, -0.2) is 4.68 Å². The minimum atomic E-state index is -0.809. The molecule has 0 radical (unpaired) electrons. The molecule has 3 heterocycles. The number of anilines is 2. The van der Waals surface area contributed by atoms with Gasteiger partial charge in [0.15, 0.2) is 0 Å². The predicted molar refractivity (Wildman–Crippen MR) is 106 cm³/mol. The molecule has 9 nitrogen and oxygen atoms in total. The first kappa shape index (κ1) is 18.1. The maximum Gasteiger partial charge on any atom is 0.315 e. The predicted octanol–water partition coefficient (Wildman–Crippen LogP) is 2.09. The molecule has 29 heavy (non-hydrogen) atoms. The molecule has 0 saturated heterocycles. The number of pyridine rings is 1. The highest BCUT2D eigenvalue weighted by molar-refractivity contribution is 6.43. The Labute approximate surface area is 166 Å². The number of aromatic nitrogens is 5. The zero-order valence-electron chi connectivity index (χ0n) is 15.3. The Morgan fingerprint density at radius 1 is 0.862 bits per heavy atom. The Morgan fingerprint density at radius 3 is 2.41 bits per heavy atom. The van der Waals surface area contributed by atoms with Gasteiger partial charge in [-0.05, 0) is 17.7 Å². The third-order valence-electron chi connectivity index (χ3n) is 4.08. The van der Waals surface area contributed by atoms with Crippen molar-refractivity contribution in [1.82, 2.24) is 24.5 Å². The molecule has 144 valence electrons. The van der Waals surface area contributed by atoms with Crippen LogP contribution in [0.5, 0.6) is 0 Å². The van der Waals surface area contributed by atoms with Gasteiger partial charge >= 0.3 is 11.8 Å². The van der Waals surface area contributed by atoms with E-state index in [0.717, 1.165) is 5.56 Å². The van der Waals surface area contributed by atoms with Gasteiger partial charge in [0.1, 0.15) is 5.82 Å². The molecule has 0 atom stereocenters. The Balaban J connectivity index is 1.39. The summed E-state index contributed by atoms with van der Waals surface area (Å²) in [5, 5.41) is 13.5. The van der Waals surface area contributed by atoms with E-state index in [2.05, 4.69) is 25.8 Å². The molecule has 9 heteroatoms. The molecule has 0 aliphatic rings. The Kier molecular flexibility index (Phi) is 5.10. The molecule has 4 aromatic rings. The van der Waals surface area contributed by atoms with Crippen LogP contribution in [0.4, 0.5) is 11.5 Å². The molecule has 0 bridgehead atoms. The molecular formula is C20H17N7O2. The maximum atomic E-state index is 12.3. The van der Waals surface area contributed by atoms with Crippen LogP contribution < -0.4 is 10.6 Å². The number of nitrogens with zero attached hydrogens (tertiary/aromatic N) is 5. The molecule has 0 aliphatic heterocycles. The van der Waals surface area contributed by atoms with Crippen LogP contribution in [-0.2, 0) is 16.1 Å². The molecule has 0 spiro atoms. The molecule has 0 saturated carbocycles. The number of nitrogens with one attached hydrogen (secondary N) is 2. The van der Waals surface area contributed by atoms with Gasteiger partial charge in [0, 0.05) is 24.7 Å². The summed E-state index contributed by atoms with van der Waals surface area (Å²) in [6.45, 7) is 0.564. The molecule has 0 aliphatic carbocycles. The lowest BCUT2D eigenvalue weighted by Crippen LogP contribution is -2.29. The van der Waals surface area contributed by atoms with Crippen LogP contribution >= 0.6 is 0 Å². The first-order chi connectivity index (χ1) is 14.2. The summed E-state index contributed by atoms with van der Waals surface area (Å²) in [6, 6.07) is 14.9. The van der Waals surface area contributed by atoms with Crippen molar-refractivity contribution in [3.63, 3.8) is 0 Å². The highest BCUT2D eigenvalue weighted by Crippen LogP contribution is 2.14. The van der Waals surface area contributed by atoms with E-state index in [9.17, 15) is 9.59 Å². The van der Waals surface area contributed by atoms with Crippen molar-refractivity contribution in [2.45, 2.75) is 6.54 Å². The number of carbonyl (C=O) groups is 2. The summed E-state index contributed by atoms with van der Waals surface area (Å²) in [6.07, 6.45) is 7.92. The average molecular weight is 387 g/mol. The van der Waals surface area contributed by atoms with Gasteiger partial charge in [0.2, 0.25) is 0 Å². The van der Waals surface area contributed by atoms with Gasteiger partial charge in [-0.2, -0.15) is 10.2 Å². The smallest absolute Gasteiger partial charge is 0.315 e. The van der Waals surface area contributed by atoms with Gasteiger partial charge in [0.25, 0.3) is 0 Å². The lowest BCUT2D eigenvalue weighted by molar-refractivity contribution is -0.133. The number of hydrogen-bond acceptors (Lipinski definition) is 5. The van der Waals surface area contributed by atoms with Crippen molar-refractivity contribution < 1.29 is 9.59 Å². The minimum Gasteiger partial charge on any atom is -0.315 e. The van der Waals surface area contributed by atoms with Crippen LogP contribution in [0.2, 0.25) is 0 Å². The summed E-state index contributed by atoms with van der Waals surface area (Å²) >= 11 is 0. The van der Waals surface area contributed by atoms with E-state index >= 15 is 0 Å². The van der Waals surface area contributed by atoms with Crippen molar-refractivity contribution in [2.24, 2.45) is 0 Å². The van der Waals surface area contributed by atoms with Crippen molar-refractivity contribution in [1.29, 1.82) is 0 Å². The van der Waals surface area contributed by atoms with Crippen molar-refractivity contribution in [2.75, 3.05) is 10.6 Å². The molecule has 3 aromatic heterocycles. The van der Waals surface area contributed by atoms with Crippen molar-refractivity contribution in [3.05, 3.63) is 85.1 Å². The van der Waals surface area contributed by atoms with Gasteiger partial charge in [-0.15, -0.1) is 0 Å². The highest BCUT2D eigenvalue weighted by atomic mass is 16.2. The zero-order valence-corrected chi connectivity index (χ0v) is 15.3. The standard InChI is InChI=1S/C20H17N7O2/c28-19(24-16-12-23-26(14-16)13-15-4-2-1-3-5-15)20(29)25-18-8-11-22-27(18)17-6-9-21-10-7-17/h1-12,14H,13H2,(H,24,28)(H,25,29). The number of carbonyl (C=O) groups excluding carboxylic acids is 2. The van der Waals surface area contributed by atoms with Crippen LogP contribution in [0, 0.1) is 0 Å². The fourth-order valence-electron chi connectivity index (χ4n) is 2.74. The van der Waals surface area contributed by atoms with Gasteiger partial charge in [0.05, 0.1) is 30.3 Å². The van der Waals surface area contributed by atoms with Crippen molar-refractivity contribution in [3.8, 4) is 5.69 Å². The van der Waals surface area contributed by atoms with E-state index < -0.39 is 11.8 Å². The van der Waals surface area contributed by atoms with Crippen LogP contribution in [0.15, 0.2) is 79.5 Å². The molecule has 2 amide bonds. The molecule has 0 unspecified atom stereocenters. The van der Waals surface area contributed by atoms with Crippen LogP contribution in [0.25, 0.3) is 5.69 Å². The number of benzene rings is 1. The third-order valence-corrected chi connectivity index (χ3v) is 4.08. The van der Waals surface area contributed by atoms with Gasteiger partial charge < -0.3 is 10.6 Å². The number of hydrogen-bond donors (Lipinski definition) is 2. The van der Waals surface area contributed by atoms with E-state index in [4.69, 9.17) is 0 Å². The first-order valence-electron chi connectivity index (χ1n) is 8.82. The largest absolute Gasteiger partial charge is 0.315 e. The van der Waals surface area contributed by atoms with Crippen LogP contribution in [0.1, 0.15) is 5.56 Å². The van der Waals surface area contributed by atoms with E-state index in [1.807, 2.05) is 30.3 Å². The number of rotatable bonds is 5.